The molecule has 0 spiro atoms. The average Bonchev–Trinajstić information content (AvgIpc) is 2.75. The first kappa shape index (κ1) is 11.3. The smallest absolute Gasteiger partial charge is 0.240 e. The van der Waals surface area contributed by atoms with Gasteiger partial charge in [0.1, 0.15) is 0 Å². The highest BCUT2D eigenvalue weighted by molar-refractivity contribution is 5.12. The van der Waals surface area contributed by atoms with Gasteiger partial charge in [0.05, 0.1) is 11.6 Å². The Kier molecular flexibility index (Phi) is 3.09. The van der Waals surface area contributed by atoms with Gasteiger partial charge in [-0.3, -0.25) is 0 Å². The van der Waals surface area contributed by atoms with Crippen LogP contribution in [0.3, 0.4) is 0 Å². The molecule has 2 heterocycles. The number of nitrogens with zero attached hydrogens (tertiary/aromatic N) is 4. The zero-order valence-electron chi connectivity index (χ0n) is 9.89. The maximum absolute atomic E-state index is 5.91. The summed E-state index contributed by atoms with van der Waals surface area (Å²) in [4.78, 5) is 0. The van der Waals surface area contributed by atoms with Crippen molar-refractivity contribution in [3.8, 4) is 0 Å². The lowest BCUT2D eigenvalue weighted by Gasteiger charge is -2.39. The number of ether oxygens (including phenoxy) is 1. The van der Waals surface area contributed by atoms with Crippen LogP contribution in [0.15, 0.2) is 0 Å². The van der Waals surface area contributed by atoms with Gasteiger partial charge < -0.3 is 10.5 Å². The zero-order valence-corrected chi connectivity index (χ0v) is 9.89. The number of tetrazole rings is 1. The van der Waals surface area contributed by atoms with Gasteiger partial charge in [-0.05, 0) is 36.1 Å². The molecule has 0 aromatic carbocycles. The van der Waals surface area contributed by atoms with Crippen molar-refractivity contribution in [1.29, 1.82) is 0 Å². The summed E-state index contributed by atoms with van der Waals surface area (Å²) in [6, 6.07) is 0.267. The van der Waals surface area contributed by atoms with E-state index in [4.69, 9.17) is 10.5 Å². The Hall–Kier alpha value is -1.17. The van der Waals surface area contributed by atoms with Crippen molar-refractivity contribution < 1.29 is 4.74 Å². The lowest BCUT2D eigenvalue weighted by molar-refractivity contribution is -0.1000. The minimum atomic E-state index is -0.0265. The summed E-state index contributed by atoms with van der Waals surface area (Å²) >= 11 is 0. The van der Waals surface area contributed by atoms with E-state index in [9.17, 15) is 0 Å². The second-order valence-corrected chi connectivity index (χ2v) is 4.37. The molecule has 90 valence electrons. The van der Waals surface area contributed by atoms with Gasteiger partial charge in [0, 0.05) is 6.61 Å². The summed E-state index contributed by atoms with van der Waals surface area (Å²) in [5, 5.41) is 11.3. The molecule has 0 radical (unpaired) electrons. The Morgan fingerprint density at radius 1 is 1.50 bits per heavy atom. The van der Waals surface area contributed by atoms with Gasteiger partial charge in [0.25, 0.3) is 0 Å². The van der Waals surface area contributed by atoms with Crippen LogP contribution in [0.2, 0.25) is 0 Å². The predicted molar refractivity (Wildman–Crippen MR) is 59.8 cm³/mol. The summed E-state index contributed by atoms with van der Waals surface area (Å²) < 4.78 is 7.63. The van der Waals surface area contributed by atoms with Crippen molar-refractivity contribution >= 4 is 5.95 Å². The third-order valence-electron chi connectivity index (χ3n) is 3.62. The second kappa shape index (κ2) is 4.37. The van der Waals surface area contributed by atoms with E-state index in [1.54, 1.807) is 4.68 Å². The molecule has 6 heteroatoms. The molecule has 1 unspecified atom stereocenters. The van der Waals surface area contributed by atoms with Gasteiger partial charge >= 0.3 is 0 Å². The number of nitrogen functional groups attached to an aromatic ring is 1. The van der Waals surface area contributed by atoms with Gasteiger partial charge in [-0.1, -0.05) is 18.9 Å². The Morgan fingerprint density at radius 3 is 2.81 bits per heavy atom. The van der Waals surface area contributed by atoms with E-state index in [-0.39, 0.29) is 11.6 Å². The molecule has 0 aliphatic carbocycles. The lowest BCUT2D eigenvalue weighted by atomic mass is 9.86. The van der Waals surface area contributed by atoms with E-state index in [0.29, 0.717) is 5.95 Å². The largest absolute Gasteiger partial charge is 0.375 e. The molecular formula is C10H19N5O. The van der Waals surface area contributed by atoms with E-state index in [2.05, 4.69) is 29.4 Å². The van der Waals surface area contributed by atoms with Crippen LogP contribution in [-0.2, 0) is 4.74 Å². The molecule has 1 saturated heterocycles. The maximum Gasteiger partial charge on any atom is 0.240 e. The molecule has 0 saturated carbocycles. The molecule has 1 aromatic heterocycles. The standard InChI is InChI=1S/C10H19N5O/c1-3-10(4-2)7-8(5-6-16-10)15-9(11)12-13-14-15/h8H,3-7H2,1-2H3,(H2,11,12,14). The second-order valence-electron chi connectivity index (χ2n) is 4.37. The first-order valence-corrected chi connectivity index (χ1v) is 5.88. The first-order chi connectivity index (χ1) is 7.71. The van der Waals surface area contributed by atoms with E-state index in [1.807, 2.05) is 0 Å². The summed E-state index contributed by atoms with van der Waals surface area (Å²) in [5.74, 6) is 0.396. The van der Waals surface area contributed by atoms with Gasteiger partial charge in [0.2, 0.25) is 5.95 Å². The van der Waals surface area contributed by atoms with Crippen molar-refractivity contribution in [2.24, 2.45) is 0 Å². The Labute approximate surface area is 95.1 Å². The van der Waals surface area contributed by atoms with Crippen LogP contribution < -0.4 is 5.73 Å². The molecule has 0 amide bonds. The van der Waals surface area contributed by atoms with Gasteiger partial charge in [0.15, 0.2) is 0 Å². The molecule has 1 aliphatic rings. The van der Waals surface area contributed by atoms with E-state index >= 15 is 0 Å². The predicted octanol–water partition coefficient (Wildman–Crippen LogP) is 1.17. The van der Waals surface area contributed by atoms with Gasteiger partial charge in [-0.25, -0.2) is 4.68 Å². The number of rotatable bonds is 3. The van der Waals surface area contributed by atoms with Crippen LogP contribution in [0, 0.1) is 0 Å². The molecule has 0 bridgehead atoms. The minimum Gasteiger partial charge on any atom is -0.375 e. The van der Waals surface area contributed by atoms with Crippen LogP contribution in [0.1, 0.15) is 45.6 Å². The van der Waals surface area contributed by atoms with E-state index in [0.717, 1.165) is 32.3 Å². The summed E-state index contributed by atoms with van der Waals surface area (Å²) in [7, 11) is 0. The SMILES string of the molecule is CCC1(CC)CC(n2nnnc2N)CCO1. The van der Waals surface area contributed by atoms with Crippen molar-refractivity contribution in [2.45, 2.75) is 51.2 Å². The highest BCUT2D eigenvalue weighted by atomic mass is 16.5. The van der Waals surface area contributed by atoms with Crippen molar-refractivity contribution in [3.63, 3.8) is 0 Å². The molecule has 1 aromatic rings. The molecule has 1 atom stereocenters. The average molecular weight is 225 g/mol. The van der Waals surface area contributed by atoms with Crippen molar-refractivity contribution in [3.05, 3.63) is 0 Å². The van der Waals surface area contributed by atoms with Crippen molar-refractivity contribution in [2.75, 3.05) is 12.3 Å². The molecule has 2 rings (SSSR count). The quantitative estimate of drug-likeness (QED) is 0.835. The Balaban J connectivity index is 2.16. The molecule has 1 aliphatic heterocycles. The monoisotopic (exact) mass is 225 g/mol. The van der Waals surface area contributed by atoms with Gasteiger partial charge in [-0.15, -0.1) is 0 Å². The summed E-state index contributed by atoms with van der Waals surface area (Å²) in [6.07, 6.45) is 3.90. The highest BCUT2D eigenvalue weighted by Gasteiger charge is 2.36. The molecular weight excluding hydrogens is 206 g/mol. The topological polar surface area (TPSA) is 78.9 Å². The van der Waals surface area contributed by atoms with Crippen LogP contribution in [0.5, 0.6) is 0 Å². The minimum absolute atomic E-state index is 0.0265. The number of anilines is 1. The van der Waals surface area contributed by atoms with E-state index in [1.165, 1.54) is 0 Å². The third-order valence-corrected chi connectivity index (χ3v) is 3.62. The molecule has 2 N–H and O–H groups in total. The van der Waals surface area contributed by atoms with Crippen LogP contribution in [0.4, 0.5) is 5.95 Å². The number of hydrogen-bond acceptors (Lipinski definition) is 5. The Bertz CT molecular complexity index is 347. The van der Waals surface area contributed by atoms with Gasteiger partial charge in [-0.2, -0.15) is 0 Å². The van der Waals surface area contributed by atoms with Crippen LogP contribution in [0.25, 0.3) is 0 Å². The third kappa shape index (κ3) is 1.89. The highest BCUT2D eigenvalue weighted by Crippen LogP contribution is 2.37. The lowest BCUT2D eigenvalue weighted by Crippen LogP contribution is -2.40. The van der Waals surface area contributed by atoms with E-state index < -0.39 is 0 Å². The van der Waals surface area contributed by atoms with Crippen LogP contribution in [-0.4, -0.2) is 32.4 Å². The van der Waals surface area contributed by atoms with Crippen LogP contribution >= 0.6 is 0 Å². The number of hydrogen-bond donors (Lipinski definition) is 1. The molecule has 16 heavy (non-hydrogen) atoms. The normalized spacial score (nSPS) is 24.5. The fourth-order valence-electron chi connectivity index (χ4n) is 2.41. The molecule has 1 fully saturated rings. The Morgan fingerprint density at radius 2 is 2.25 bits per heavy atom. The number of aromatic nitrogens is 4. The first-order valence-electron chi connectivity index (χ1n) is 5.88. The zero-order chi connectivity index (χ0) is 11.6. The fraction of sp³-hybridized carbons (Fsp3) is 0.900. The number of nitrogens with two attached hydrogens (primary N) is 1. The molecule has 6 nitrogen and oxygen atoms in total. The summed E-state index contributed by atoms with van der Waals surface area (Å²) in [5.41, 5.74) is 5.70. The fourth-order valence-corrected chi connectivity index (χ4v) is 2.41. The van der Waals surface area contributed by atoms with Crippen molar-refractivity contribution in [1.82, 2.24) is 20.2 Å². The summed E-state index contributed by atoms with van der Waals surface area (Å²) in [6.45, 7) is 5.08. The maximum atomic E-state index is 5.91.